The van der Waals surface area contributed by atoms with E-state index in [1.807, 2.05) is 12.1 Å². The van der Waals surface area contributed by atoms with Crippen molar-refractivity contribution in [2.45, 2.75) is 6.42 Å². The number of rotatable bonds is 3. The zero-order valence-electron chi connectivity index (χ0n) is 8.79. The lowest BCUT2D eigenvalue weighted by molar-refractivity contribution is -0.136. The third-order valence-corrected chi connectivity index (χ3v) is 2.20. The van der Waals surface area contributed by atoms with Crippen LogP contribution < -0.4 is 0 Å². The molecule has 0 bridgehead atoms. The summed E-state index contributed by atoms with van der Waals surface area (Å²) < 4.78 is 1.62. The second kappa shape index (κ2) is 4.14. The van der Waals surface area contributed by atoms with Gasteiger partial charge in [-0.15, -0.1) is 0 Å². The predicted octanol–water partition coefficient (Wildman–Crippen LogP) is 1.11. The molecule has 2 rings (SSSR count). The molecule has 0 amide bonds. The maximum atomic E-state index is 10.7. The molecular weight excluding hydrogens is 206 g/mol. The van der Waals surface area contributed by atoms with Gasteiger partial charge in [-0.25, -0.2) is 0 Å². The van der Waals surface area contributed by atoms with Crippen LogP contribution in [0.5, 0.6) is 0 Å². The lowest BCUT2D eigenvalue weighted by Gasteiger charge is -1.98. The van der Waals surface area contributed by atoms with Gasteiger partial charge in [0.05, 0.1) is 12.1 Å². The van der Waals surface area contributed by atoms with E-state index in [1.165, 1.54) is 0 Å². The summed E-state index contributed by atoms with van der Waals surface area (Å²) >= 11 is 0. The highest BCUT2D eigenvalue weighted by Crippen LogP contribution is 2.21. The molecule has 0 saturated carbocycles. The molecule has 2 aromatic rings. The molecule has 0 saturated heterocycles. The summed E-state index contributed by atoms with van der Waals surface area (Å²) in [5, 5.41) is 13.1. The zero-order valence-corrected chi connectivity index (χ0v) is 8.79. The van der Waals surface area contributed by atoms with Crippen molar-refractivity contribution in [1.29, 1.82) is 0 Å². The van der Waals surface area contributed by atoms with Crippen LogP contribution >= 0.6 is 0 Å². The molecular formula is C11H11N3O2. The van der Waals surface area contributed by atoms with Gasteiger partial charge in [0.2, 0.25) is 0 Å². The summed E-state index contributed by atoms with van der Waals surface area (Å²) in [5.74, 6) is -0.858. The van der Waals surface area contributed by atoms with Crippen molar-refractivity contribution >= 4 is 5.97 Å². The van der Waals surface area contributed by atoms with Gasteiger partial charge in [-0.3, -0.25) is 14.5 Å². The molecule has 82 valence electrons. The van der Waals surface area contributed by atoms with E-state index in [1.54, 1.807) is 30.3 Å². The van der Waals surface area contributed by atoms with Gasteiger partial charge in [0.1, 0.15) is 0 Å². The number of carbonyl (C=O) groups is 1. The van der Waals surface area contributed by atoms with Crippen molar-refractivity contribution in [3.05, 3.63) is 36.3 Å². The van der Waals surface area contributed by atoms with E-state index in [-0.39, 0.29) is 6.42 Å². The average Bonchev–Trinajstić information content (AvgIpc) is 2.60. The lowest BCUT2D eigenvalue weighted by atomic mass is 10.1. The lowest BCUT2D eigenvalue weighted by Crippen LogP contribution is -2.00. The standard InChI is InChI=1S/C11H11N3O2/c1-14-7-9(6-10(15)16)11(13-14)8-2-4-12-5-3-8/h2-5,7H,6H2,1H3,(H,15,16). The van der Waals surface area contributed by atoms with Gasteiger partial charge in [0, 0.05) is 36.8 Å². The van der Waals surface area contributed by atoms with E-state index in [0.29, 0.717) is 11.3 Å². The van der Waals surface area contributed by atoms with Crippen LogP contribution in [0, 0.1) is 0 Å². The Hall–Kier alpha value is -2.17. The third-order valence-electron chi connectivity index (χ3n) is 2.20. The fourth-order valence-corrected chi connectivity index (χ4v) is 1.58. The molecule has 16 heavy (non-hydrogen) atoms. The number of hydrogen-bond donors (Lipinski definition) is 1. The van der Waals surface area contributed by atoms with E-state index in [4.69, 9.17) is 5.11 Å². The molecule has 0 spiro atoms. The molecule has 5 nitrogen and oxygen atoms in total. The number of carboxylic acids is 1. The number of aryl methyl sites for hydroxylation is 1. The Morgan fingerprint density at radius 3 is 2.75 bits per heavy atom. The van der Waals surface area contributed by atoms with Gasteiger partial charge in [-0.2, -0.15) is 5.10 Å². The molecule has 0 aromatic carbocycles. The number of aromatic nitrogens is 3. The fraction of sp³-hybridized carbons (Fsp3) is 0.182. The number of hydrogen-bond acceptors (Lipinski definition) is 3. The Labute approximate surface area is 92.4 Å². The van der Waals surface area contributed by atoms with Gasteiger partial charge in [0.25, 0.3) is 0 Å². The quantitative estimate of drug-likeness (QED) is 0.836. The second-order valence-corrected chi connectivity index (χ2v) is 3.48. The summed E-state index contributed by atoms with van der Waals surface area (Å²) in [6.07, 6.45) is 5.03. The highest BCUT2D eigenvalue weighted by molar-refractivity contribution is 5.74. The number of aliphatic carboxylic acids is 1. The number of carboxylic acid groups (broad SMARTS) is 1. The van der Waals surface area contributed by atoms with Crippen molar-refractivity contribution in [3.8, 4) is 11.3 Å². The van der Waals surface area contributed by atoms with Crippen molar-refractivity contribution in [1.82, 2.24) is 14.8 Å². The third kappa shape index (κ3) is 2.08. The number of pyridine rings is 1. The molecule has 0 aliphatic carbocycles. The largest absolute Gasteiger partial charge is 0.481 e. The van der Waals surface area contributed by atoms with Gasteiger partial charge in [0.15, 0.2) is 0 Å². The van der Waals surface area contributed by atoms with Crippen molar-refractivity contribution in [3.63, 3.8) is 0 Å². The highest BCUT2D eigenvalue weighted by atomic mass is 16.4. The molecule has 1 N–H and O–H groups in total. The summed E-state index contributed by atoms with van der Waals surface area (Å²) in [7, 11) is 1.77. The second-order valence-electron chi connectivity index (χ2n) is 3.48. The molecule has 0 aliphatic rings. The zero-order chi connectivity index (χ0) is 11.5. The summed E-state index contributed by atoms with van der Waals surface area (Å²) in [6, 6.07) is 3.63. The number of nitrogens with zero attached hydrogens (tertiary/aromatic N) is 3. The minimum Gasteiger partial charge on any atom is -0.481 e. The van der Waals surface area contributed by atoms with Gasteiger partial charge in [-0.05, 0) is 12.1 Å². The van der Waals surface area contributed by atoms with Crippen LogP contribution in [0.25, 0.3) is 11.3 Å². The van der Waals surface area contributed by atoms with Crippen LogP contribution in [0.1, 0.15) is 5.56 Å². The minimum absolute atomic E-state index is 0.0223. The van der Waals surface area contributed by atoms with Crippen molar-refractivity contribution in [2.75, 3.05) is 0 Å². The van der Waals surface area contributed by atoms with Gasteiger partial charge >= 0.3 is 5.97 Å². The summed E-state index contributed by atoms with van der Waals surface area (Å²) in [6.45, 7) is 0. The van der Waals surface area contributed by atoms with E-state index >= 15 is 0 Å². The van der Waals surface area contributed by atoms with Crippen LogP contribution in [0.15, 0.2) is 30.7 Å². The first kappa shape index (κ1) is 10.4. The van der Waals surface area contributed by atoms with Crippen molar-refractivity contribution < 1.29 is 9.90 Å². The molecule has 2 heterocycles. The Kier molecular flexibility index (Phi) is 2.68. The van der Waals surface area contributed by atoms with E-state index < -0.39 is 5.97 Å². The maximum absolute atomic E-state index is 10.7. The first-order chi connectivity index (χ1) is 7.66. The molecule has 0 fully saturated rings. The Morgan fingerprint density at radius 1 is 1.44 bits per heavy atom. The first-order valence-corrected chi connectivity index (χ1v) is 4.81. The van der Waals surface area contributed by atoms with Gasteiger partial charge < -0.3 is 5.11 Å². The predicted molar refractivity (Wildman–Crippen MR) is 57.8 cm³/mol. The van der Waals surface area contributed by atoms with E-state index in [2.05, 4.69) is 10.1 Å². The SMILES string of the molecule is Cn1cc(CC(=O)O)c(-c2ccncc2)n1. The molecule has 5 heteroatoms. The van der Waals surface area contributed by atoms with Crippen LogP contribution in [-0.2, 0) is 18.3 Å². The Bertz CT molecular complexity index is 505. The van der Waals surface area contributed by atoms with Gasteiger partial charge in [-0.1, -0.05) is 0 Å². The highest BCUT2D eigenvalue weighted by Gasteiger charge is 2.12. The molecule has 2 aromatic heterocycles. The normalized spacial score (nSPS) is 10.3. The maximum Gasteiger partial charge on any atom is 0.307 e. The topological polar surface area (TPSA) is 68.0 Å². The smallest absolute Gasteiger partial charge is 0.307 e. The Balaban J connectivity index is 2.44. The summed E-state index contributed by atoms with van der Waals surface area (Å²) in [4.78, 5) is 14.6. The minimum atomic E-state index is -0.858. The van der Waals surface area contributed by atoms with Crippen LogP contribution in [0.2, 0.25) is 0 Å². The van der Waals surface area contributed by atoms with E-state index in [9.17, 15) is 4.79 Å². The molecule has 0 atom stereocenters. The fourth-order valence-electron chi connectivity index (χ4n) is 1.58. The molecule has 0 aliphatic heterocycles. The van der Waals surface area contributed by atoms with Crippen LogP contribution in [-0.4, -0.2) is 25.8 Å². The Morgan fingerprint density at radius 2 is 2.12 bits per heavy atom. The van der Waals surface area contributed by atoms with Crippen LogP contribution in [0.4, 0.5) is 0 Å². The monoisotopic (exact) mass is 217 g/mol. The first-order valence-electron chi connectivity index (χ1n) is 4.81. The molecule has 0 unspecified atom stereocenters. The average molecular weight is 217 g/mol. The van der Waals surface area contributed by atoms with Crippen LogP contribution in [0.3, 0.4) is 0 Å². The molecule has 0 radical (unpaired) electrons. The summed E-state index contributed by atoms with van der Waals surface area (Å²) in [5.41, 5.74) is 2.29. The van der Waals surface area contributed by atoms with Crippen molar-refractivity contribution in [2.24, 2.45) is 7.05 Å². The van der Waals surface area contributed by atoms with E-state index in [0.717, 1.165) is 5.56 Å².